The molecule has 1 unspecified atom stereocenters. The summed E-state index contributed by atoms with van der Waals surface area (Å²) in [6, 6.07) is 0.148. The summed E-state index contributed by atoms with van der Waals surface area (Å²) in [6.45, 7) is 7.24. The highest BCUT2D eigenvalue weighted by molar-refractivity contribution is 5.16. The minimum absolute atomic E-state index is 0.148. The van der Waals surface area contributed by atoms with Crippen LogP contribution in [0.3, 0.4) is 0 Å². The van der Waals surface area contributed by atoms with Crippen LogP contribution in [0.15, 0.2) is 19.0 Å². The lowest BCUT2D eigenvalue weighted by Crippen LogP contribution is -2.43. The van der Waals surface area contributed by atoms with E-state index >= 15 is 0 Å². The second kappa shape index (κ2) is 3.96. The van der Waals surface area contributed by atoms with Crippen LogP contribution in [-0.2, 0) is 6.54 Å². The molecule has 1 aliphatic rings. The van der Waals surface area contributed by atoms with Gasteiger partial charge in [-0.15, -0.1) is 0 Å². The molecule has 2 rings (SSSR count). The first-order chi connectivity index (χ1) is 7.22. The van der Waals surface area contributed by atoms with Crippen LogP contribution in [0.2, 0.25) is 0 Å². The van der Waals surface area contributed by atoms with Crippen LogP contribution < -0.4 is 4.57 Å². The lowest BCUT2D eigenvalue weighted by atomic mass is 10.2. The zero-order valence-corrected chi connectivity index (χ0v) is 9.09. The molecule has 15 heavy (non-hydrogen) atoms. The van der Waals surface area contributed by atoms with Crippen molar-refractivity contribution in [2.24, 2.45) is 0 Å². The van der Waals surface area contributed by atoms with Crippen molar-refractivity contribution in [1.29, 1.82) is 0 Å². The molecular weight excluding hydrogens is 190 g/mol. The quantitative estimate of drug-likeness (QED) is 0.683. The largest absolute Gasteiger partial charge is 0.258 e. The first-order valence-corrected chi connectivity index (χ1v) is 5.35. The van der Waals surface area contributed by atoms with Crippen LogP contribution in [0.5, 0.6) is 0 Å². The van der Waals surface area contributed by atoms with E-state index in [4.69, 9.17) is 0 Å². The topological polar surface area (TPSA) is 28.9 Å². The molecule has 1 aromatic rings. The van der Waals surface area contributed by atoms with Crippen LogP contribution in [0.4, 0.5) is 0 Å². The summed E-state index contributed by atoms with van der Waals surface area (Å²) in [5, 5.41) is 0. The Morgan fingerprint density at radius 3 is 3.07 bits per heavy atom. The van der Waals surface area contributed by atoms with Gasteiger partial charge < -0.3 is 0 Å². The minimum Gasteiger partial charge on any atom is -0.227 e. The van der Waals surface area contributed by atoms with E-state index < -0.39 is 0 Å². The average Bonchev–Trinajstić information content (AvgIpc) is 2.77. The molecule has 1 aliphatic heterocycles. The van der Waals surface area contributed by atoms with Crippen molar-refractivity contribution in [2.45, 2.75) is 32.4 Å². The maximum atomic E-state index is 11.4. The molecule has 0 bridgehead atoms. The van der Waals surface area contributed by atoms with Gasteiger partial charge in [0.25, 0.3) is 5.82 Å². The van der Waals surface area contributed by atoms with E-state index in [0.717, 1.165) is 25.2 Å². The summed E-state index contributed by atoms with van der Waals surface area (Å²) in [6.07, 6.45) is 7.77. The van der Waals surface area contributed by atoms with Gasteiger partial charge in [-0.05, 0) is 0 Å². The molecule has 0 amide bonds. The van der Waals surface area contributed by atoms with Crippen LogP contribution in [0, 0.1) is 11.8 Å². The van der Waals surface area contributed by atoms with Crippen LogP contribution in [-0.4, -0.2) is 21.9 Å². The van der Waals surface area contributed by atoms with Crippen LogP contribution >= 0.6 is 0 Å². The average molecular weight is 207 g/mol. The maximum Gasteiger partial charge on any atom is 0.258 e. The van der Waals surface area contributed by atoms with E-state index in [1.54, 1.807) is 6.20 Å². The summed E-state index contributed by atoms with van der Waals surface area (Å²) in [5.74, 6) is 1.12. The monoisotopic (exact) mass is 207 g/mol. The molecule has 1 fully saturated rings. The number of nitroso groups, excluding NO2 is 1. The molecule has 4 heteroatoms. The summed E-state index contributed by atoms with van der Waals surface area (Å²) >= 11 is 0. The normalized spacial score (nSPS) is 20.9. The van der Waals surface area contributed by atoms with E-state index in [0.29, 0.717) is 6.54 Å². The van der Waals surface area contributed by atoms with Crippen molar-refractivity contribution in [3.05, 3.63) is 29.7 Å². The standard InChI is InChI=1S/C11H17N3O/c1-3-12-7-8-13(10(12)2)9-11-5-4-6-14(11)15/h3,7-8,11H,1,4-6,9H2,2H3/q+2. The van der Waals surface area contributed by atoms with E-state index in [1.165, 1.54) is 4.76 Å². The van der Waals surface area contributed by atoms with Gasteiger partial charge in [0.2, 0.25) is 6.04 Å². The molecule has 0 radical (unpaired) electrons. The summed E-state index contributed by atoms with van der Waals surface area (Å²) in [7, 11) is 0. The molecule has 0 aromatic carbocycles. The number of aromatic nitrogens is 2. The zero-order valence-electron chi connectivity index (χ0n) is 9.09. The molecule has 0 N–H and O–H groups in total. The third-order valence-electron chi connectivity index (χ3n) is 3.12. The second-order valence-electron chi connectivity index (χ2n) is 4.02. The molecule has 0 aliphatic carbocycles. The fourth-order valence-corrected chi connectivity index (χ4v) is 2.12. The van der Waals surface area contributed by atoms with Crippen LogP contribution in [0.1, 0.15) is 18.7 Å². The second-order valence-corrected chi connectivity index (χ2v) is 4.02. The molecule has 1 saturated heterocycles. The van der Waals surface area contributed by atoms with E-state index in [9.17, 15) is 4.91 Å². The van der Waals surface area contributed by atoms with Crippen molar-refractivity contribution in [3.8, 4) is 0 Å². The molecule has 4 nitrogen and oxygen atoms in total. The third kappa shape index (κ3) is 1.84. The lowest BCUT2D eigenvalue weighted by molar-refractivity contribution is -0.739. The maximum absolute atomic E-state index is 11.4. The molecule has 80 valence electrons. The smallest absolute Gasteiger partial charge is 0.227 e. The molecule has 1 atom stereocenters. The third-order valence-corrected chi connectivity index (χ3v) is 3.12. The summed E-state index contributed by atoms with van der Waals surface area (Å²) in [5.41, 5.74) is 0. The molecule has 0 spiro atoms. The number of hydrogen-bond donors (Lipinski definition) is 0. The SMILES string of the molecule is C=Cn1cc[n+](CC2CCC[N+]2=O)c1C. The van der Waals surface area contributed by atoms with Gasteiger partial charge in [-0.3, -0.25) is 0 Å². The van der Waals surface area contributed by atoms with Crippen molar-refractivity contribution >= 4 is 6.20 Å². The van der Waals surface area contributed by atoms with Gasteiger partial charge in [-0.25, -0.2) is 9.13 Å². The first-order valence-electron chi connectivity index (χ1n) is 5.35. The van der Waals surface area contributed by atoms with Gasteiger partial charge in [0, 0.05) is 29.4 Å². The Balaban J connectivity index is 2.13. The minimum atomic E-state index is 0.148. The molecule has 1 aromatic heterocycles. The van der Waals surface area contributed by atoms with Gasteiger partial charge in [-0.1, -0.05) is 6.58 Å². The van der Waals surface area contributed by atoms with Gasteiger partial charge >= 0.3 is 0 Å². The Bertz CT molecular complexity index is 395. The highest BCUT2D eigenvalue weighted by Crippen LogP contribution is 2.11. The Morgan fingerprint density at radius 2 is 2.53 bits per heavy atom. The highest BCUT2D eigenvalue weighted by Gasteiger charge is 2.34. The number of imidazole rings is 1. The predicted octanol–water partition coefficient (Wildman–Crippen LogP) is 1.13. The fourth-order valence-electron chi connectivity index (χ4n) is 2.12. The zero-order chi connectivity index (χ0) is 10.8. The van der Waals surface area contributed by atoms with E-state index in [-0.39, 0.29) is 6.04 Å². The van der Waals surface area contributed by atoms with Crippen molar-refractivity contribution < 1.29 is 9.33 Å². The Morgan fingerprint density at radius 1 is 1.73 bits per heavy atom. The Hall–Kier alpha value is -1.45. The molecule has 0 saturated carbocycles. The number of hydrogen-bond acceptors (Lipinski definition) is 1. The molecular formula is C11H17N3O+2. The van der Waals surface area contributed by atoms with Crippen molar-refractivity contribution in [3.63, 3.8) is 0 Å². The first kappa shape index (κ1) is 10.1. The summed E-state index contributed by atoms with van der Waals surface area (Å²) in [4.78, 5) is 11.4. The highest BCUT2D eigenvalue weighted by atomic mass is 16.3. The summed E-state index contributed by atoms with van der Waals surface area (Å²) < 4.78 is 5.28. The van der Waals surface area contributed by atoms with Gasteiger partial charge in [0.1, 0.15) is 12.4 Å². The van der Waals surface area contributed by atoms with E-state index in [1.807, 2.05) is 23.9 Å². The van der Waals surface area contributed by atoms with Crippen LogP contribution in [0.25, 0.3) is 6.20 Å². The fraction of sp³-hybridized carbons (Fsp3) is 0.545. The molecule has 2 heterocycles. The Labute approximate surface area is 89.4 Å². The van der Waals surface area contributed by atoms with Gasteiger partial charge in [0.05, 0.1) is 6.20 Å². The van der Waals surface area contributed by atoms with Gasteiger partial charge in [-0.2, -0.15) is 0 Å². The number of rotatable bonds is 3. The lowest BCUT2D eigenvalue weighted by Gasteiger charge is -2.00. The predicted molar refractivity (Wildman–Crippen MR) is 57.3 cm³/mol. The van der Waals surface area contributed by atoms with Crippen molar-refractivity contribution in [1.82, 2.24) is 4.57 Å². The van der Waals surface area contributed by atoms with Crippen molar-refractivity contribution in [2.75, 3.05) is 6.54 Å². The van der Waals surface area contributed by atoms with E-state index in [2.05, 4.69) is 11.1 Å². The van der Waals surface area contributed by atoms with Gasteiger partial charge in [0.15, 0.2) is 13.1 Å². The number of nitrogens with zero attached hydrogens (tertiary/aromatic N) is 3. The Kier molecular flexibility index (Phi) is 2.66.